The molecule has 30 heavy (non-hydrogen) atoms. The molecule has 0 bridgehead atoms. The molecule has 0 saturated heterocycles. The van der Waals surface area contributed by atoms with Gasteiger partial charge in [0.25, 0.3) is 0 Å². The molecule has 0 radical (unpaired) electrons. The van der Waals surface area contributed by atoms with Crippen LogP contribution >= 0.6 is 15.9 Å². The highest BCUT2D eigenvalue weighted by Crippen LogP contribution is 2.62. The molecule has 1 saturated carbocycles. The Morgan fingerprint density at radius 2 is 1.93 bits per heavy atom. The number of allylic oxidation sites excluding steroid dienone is 3. The number of benzene rings is 1. The quantitative estimate of drug-likeness (QED) is 0.634. The van der Waals surface area contributed by atoms with E-state index in [0.717, 1.165) is 30.5 Å². The Morgan fingerprint density at radius 1 is 1.23 bits per heavy atom. The van der Waals surface area contributed by atoms with Gasteiger partial charge in [0.15, 0.2) is 0 Å². The van der Waals surface area contributed by atoms with Gasteiger partial charge in [-0.1, -0.05) is 19.9 Å². The van der Waals surface area contributed by atoms with Crippen molar-refractivity contribution in [2.45, 2.75) is 39.0 Å². The van der Waals surface area contributed by atoms with Crippen LogP contribution in [0.5, 0.6) is 0 Å². The minimum Gasteiger partial charge on any atom is -0.401 e. The number of nitrogens with zero attached hydrogens (tertiary/aromatic N) is 2. The van der Waals surface area contributed by atoms with Crippen molar-refractivity contribution in [3.63, 3.8) is 0 Å². The van der Waals surface area contributed by atoms with Gasteiger partial charge in [-0.05, 0) is 76.2 Å². The van der Waals surface area contributed by atoms with Gasteiger partial charge in [-0.2, -0.15) is 0 Å². The summed E-state index contributed by atoms with van der Waals surface area (Å²) in [5.41, 5.74) is 15.2. The summed E-state index contributed by atoms with van der Waals surface area (Å²) >= 11 is 3.39. The Kier molecular flexibility index (Phi) is 5.43. The lowest BCUT2D eigenvalue weighted by Crippen LogP contribution is -2.23. The predicted octanol–water partition coefficient (Wildman–Crippen LogP) is 5.27. The van der Waals surface area contributed by atoms with Gasteiger partial charge < -0.3 is 11.5 Å². The van der Waals surface area contributed by atoms with Crippen LogP contribution in [0.25, 0.3) is 5.70 Å². The van der Waals surface area contributed by atoms with E-state index in [2.05, 4.69) is 39.7 Å². The van der Waals surface area contributed by atoms with Crippen molar-refractivity contribution in [2.75, 3.05) is 0 Å². The lowest BCUT2D eigenvalue weighted by atomic mass is 9.78. The third-order valence-corrected chi connectivity index (χ3v) is 7.00. The van der Waals surface area contributed by atoms with E-state index in [1.165, 1.54) is 18.2 Å². The van der Waals surface area contributed by atoms with E-state index in [-0.39, 0.29) is 28.5 Å². The van der Waals surface area contributed by atoms with Crippen LogP contribution in [0.15, 0.2) is 52.5 Å². The number of rotatable bonds is 3. The summed E-state index contributed by atoms with van der Waals surface area (Å²) in [7, 11) is 0. The summed E-state index contributed by atoms with van der Waals surface area (Å²) in [6.07, 6.45) is 7.97. The Balaban J connectivity index is 1.83. The molecule has 2 aliphatic rings. The molecular weight excluding hydrogens is 450 g/mol. The molecule has 4 nitrogen and oxygen atoms in total. The summed E-state index contributed by atoms with van der Waals surface area (Å²) in [6, 6.07) is 3.73. The molecule has 1 aromatic carbocycles. The molecule has 1 aromatic heterocycles. The maximum atomic E-state index is 14.3. The lowest BCUT2D eigenvalue weighted by molar-refractivity contribution is 0.370. The van der Waals surface area contributed by atoms with Gasteiger partial charge in [0.05, 0.1) is 17.5 Å². The van der Waals surface area contributed by atoms with Gasteiger partial charge in [0.1, 0.15) is 16.2 Å². The third-order valence-electron chi connectivity index (χ3n) is 6.61. The van der Waals surface area contributed by atoms with Crippen LogP contribution in [0.1, 0.15) is 50.3 Å². The first-order valence-corrected chi connectivity index (χ1v) is 10.9. The second-order valence-electron chi connectivity index (χ2n) is 8.82. The molecule has 2 aromatic rings. The number of halogens is 3. The number of hydrogen-bond donors (Lipinski definition) is 2. The number of nitrogens with two attached hydrogens (primary N) is 2. The first kappa shape index (κ1) is 21.0. The SMILES string of the molecule is C[C@H]1CC2(C)CC2CC(c2cncc(Br)n2)/C(N)=C1/C=C(\N)c1c(F)cccc1F. The second kappa shape index (κ2) is 7.76. The van der Waals surface area contributed by atoms with Crippen molar-refractivity contribution in [3.05, 3.63) is 75.4 Å². The lowest BCUT2D eigenvalue weighted by Gasteiger charge is -2.29. The van der Waals surface area contributed by atoms with Crippen LogP contribution in [-0.2, 0) is 0 Å². The largest absolute Gasteiger partial charge is 0.401 e. The highest BCUT2D eigenvalue weighted by Gasteiger charge is 2.52. The minimum atomic E-state index is -0.690. The maximum absolute atomic E-state index is 14.3. The monoisotopic (exact) mass is 474 g/mol. The van der Waals surface area contributed by atoms with Gasteiger partial charge in [-0.3, -0.25) is 4.98 Å². The van der Waals surface area contributed by atoms with Gasteiger partial charge in [-0.25, -0.2) is 13.8 Å². The average Bonchev–Trinajstić information content (AvgIpc) is 3.30. The van der Waals surface area contributed by atoms with Crippen molar-refractivity contribution < 1.29 is 8.78 Å². The van der Waals surface area contributed by atoms with E-state index in [0.29, 0.717) is 16.2 Å². The van der Waals surface area contributed by atoms with Crippen LogP contribution in [0.3, 0.4) is 0 Å². The average molecular weight is 475 g/mol. The fourth-order valence-corrected chi connectivity index (χ4v) is 5.19. The molecule has 0 aliphatic heterocycles. The maximum Gasteiger partial charge on any atom is 0.135 e. The van der Waals surface area contributed by atoms with Crippen molar-refractivity contribution in [2.24, 2.45) is 28.7 Å². The van der Waals surface area contributed by atoms with Gasteiger partial charge in [0.2, 0.25) is 0 Å². The van der Waals surface area contributed by atoms with Crippen molar-refractivity contribution in [1.29, 1.82) is 0 Å². The zero-order valence-corrected chi connectivity index (χ0v) is 18.6. The first-order chi connectivity index (χ1) is 14.2. The molecule has 3 unspecified atom stereocenters. The summed E-state index contributed by atoms with van der Waals surface area (Å²) in [5, 5.41) is 0. The third kappa shape index (κ3) is 3.87. The molecule has 2 aliphatic carbocycles. The Bertz CT molecular complexity index is 1030. The second-order valence-corrected chi connectivity index (χ2v) is 9.63. The van der Waals surface area contributed by atoms with Crippen molar-refractivity contribution >= 4 is 21.6 Å². The molecule has 158 valence electrons. The molecule has 4 atom stereocenters. The van der Waals surface area contributed by atoms with Crippen LogP contribution < -0.4 is 11.5 Å². The highest BCUT2D eigenvalue weighted by molar-refractivity contribution is 9.10. The Hall–Kier alpha value is -2.28. The van der Waals surface area contributed by atoms with E-state index < -0.39 is 11.6 Å². The number of fused-ring (bicyclic) bond motifs is 1. The van der Waals surface area contributed by atoms with E-state index in [1.54, 1.807) is 18.5 Å². The molecule has 4 rings (SSSR count). The summed E-state index contributed by atoms with van der Waals surface area (Å²) < 4.78 is 29.2. The van der Waals surface area contributed by atoms with Crippen molar-refractivity contribution in [1.82, 2.24) is 9.97 Å². The topological polar surface area (TPSA) is 77.8 Å². The van der Waals surface area contributed by atoms with Gasteiger partial charge in [-0.15, -0.1) is 0 Å². The smallest absolute Gasteiger partial charge is 0.135 e. The molecule has 7 heteroatoms. The highest BCUT2D eigenvalue weighted by atomic mass is 79.9. The fraction of sp³-hybridized carbons (Fsp3) is 0.391. The first-order valence-electron chi connectivity index (χ1n) is 10.1. The Morgan fingerprint density at radius 3 is 2.60 bits per heavy atom. The van der Waals surface area contributed by atoms with Crippen LogP contribution in [-0.4, -0.2) is 9.97 Å². The zero-order valence-electron chi connectivity index (χ0n) is 17.0. The van der Waals surface area contributed by atoms with Crippen LogP contribution in [0.4, 0.5) is 8.78 Å². The summed E-state index contributed by atoms with van der Waals surface area (Å²) in [6.45, 7) is 4.39. The van der Waals surface area contributed by atoms with Gasteiger partial charge in [0, 0.05) is 23.5 Å². The van der Waals surface area contributed by atoms with Crippen LogP contribution in [0.2, 0.25) is 0 Å². The van der Waals surface area contributed by atoms with E-state index >= 15 is 0 Å². The molecule has 0 spiro atoms. The van der Waals surface area contributed by atoms with Crippen LogP contribution in [0, 0.1) is 28.9 Å². The molecule has 4 N–H and O–H groups in total. The normalized spacial score (nSPS) is 31.6. The van der Waals surface area contributed by atoms with E-state index in [9.17, 15) is 8.78 Å². The van der Waals surface area contributed by atoms with Crippen molar-refractivity contribution in [3.8, 4) is 0 Å². The van der Waals surface area contributed by atoms with E-state index in [4.69, 9.17) is 11.5 Å². The fourth-order valence-electron chi connectivity index (χ4n) is 4.87. The summed E-state index contributed by atoms with van der Waals surface area (Å²) in [5.74, 6) is -0.850. The molecular formula is C23H25BrF2N4. The standard InChI is InChI=1S/C23H25BrF2N4/c1-12-8-23(2)9-13(23)6-15(19-10-29-11-20(24)30-19)22(28)14(12)7-18(27)21-16(25)4-3-5-17(21)26/h3-5,7,10-13,15H,6,8-9,27-28H2,1-2H3/b18-7-,22-14+/t12-,13?,15?,23?/m0/s1. The predicted molar refractivity (Wildman–Crippen MR) is 117 cm³/mol. The zero-order chi connectivity index (χ0) is 21.6. The summed E-state index contributed by atoms with van der Waals surface area (Å²) in [4.78, 5) is 8.84. The minimum absolute atomic E-state index is 0.0348. The molecule has 0 amide bonds. The van der Waals surface area contributed by atoms with Gasteiger partial charge >= 0.3 is 0 Å². The molecule has 1 fully saturated rings. The Labute approximate surface area is 183 Å². The number of aromatic nitrogens is 2. The number of hydrogen-bond acceptors (Lipinski definition) is 4. The molecule has 1 heterocycles. The van der Waals surface area contributed by atoms with E-state index in [1.807, 2.05) is 0 Å².